The first-order valence-electron chi connectivity index (χ1n) is 9.42. The van der Waals surface area contributed by atoms with Crippen molar-refractivity contribution in [1.82, 2.24) is 9.97 Å². The van der Waals surface area contributed by atoms with Crippen LogP contribution in [-0.4, -0.2) is 27.1 Å². The topological polar surface area (TPSA) is 66.2 Å². The van der Waals surface area contributed by atoms with Crippen LogP contribution in [0.5, 0.6) is 0 Å². The molecule has 5 rings (SSSR count). The Labute approximate surface area is 168 Å². The van der Waals surface area contributed by atoms with Gasteiger partial charge in [-0.2, -0.15) is 0 Å². The van der Waals surface area contributed by atoms with Crippen molar-refractivity contribution in [3.63, 3.8) is 0 Å². The van der Waals surface area contributed by atoms with Crippen LogP contribution in [0.2, 0.25) is 0 Å². The van der Waals surface area contributed by atoms with E-state index in [1.165, 1.54) is 0 Å². The predicted molar refractivity (Wildman–Crippen MR) is 118 cm³/mol. The van der Waals surface area contributed by atoms with Crippen LogP contribution in [0, 0.1) is 0 Å². The van der Waals surface area contributed by atoms with Gasteiger partial charge in [-0.15, -0.1) is 0 Å². The van der Waals surface area contributed by atoms with Crippen LogP contribution in [0.25, 0.3) is 44.3 Å². The first kappa shape index (κ1) is 17.6. The van der Waals surface area contributed by atoms with Crippen molar-refractivity contribution >= 4 is 34.3 Å². The summed E-state index contributed by atoms with van der Waals surface area (Å²) in [5.74, 6) is 0.551. The van der Waals surface area contributed by atoms with Gasteiger partial charge in [0.2, 0.25) is 0 Å². The Morgan fingerprint density at radius 1 is 0.621 bits per heavy atom. The highest BCUT2D eigenvalue weighted by molar-refractivity contribution is 6.58. The van der Waals surface area contributed by atoms with Gasteiger partial charge in [-0.05, 0) is 16.9 Å². The fraction of sp³-hybridized carbons (Fsp3) is 0. The van der Waals surface area contributed by atoms with Crippen molar-refractivity contribution in [2.24, 2.45) is 0 Å². The third kappa shape index (κ3) is 3.16. The molecule has 0 aliphatic rings. The molecule has 29 heavy (non-hydrogen) atoms. The Hall–Kier alpha value is -3.54. The van der Waals surface area contributed by atoms with E-state index in [0.717, 1.165) is 38.5 Å². The lowest BCUT2D eigenvalue weighted by atomic mass is 9.79. The van der Waals surface area contributed by atoms with E-state index in [9.17, 15) is 10.0 Å². The third-order valence-electron chi connectivity index (χ3n) is 5.08. The van der Waals surface area contributed by atoms with Gasteiger partial charge in [0.15, 0.2) is 5.82 Å². The predicted octanol–water partition coefficient (Wildman–Crippen LogP) is 3.80. The lowest BCUT2D eigenvalue weighted by Gasteiger charge is -2.12. The monoisotopic (exact) mass is 376 g/mol. The molecule has 0 atom stereocenters. The molecule has 0 aliphatic heterocycles. The summed E-state index contributed by atoms with van der Waals surface area (Å²) >= 11 is 0. The van der Waals surface area contributed by atoms with Crippen molar-refractivity contribution in [3.05, 3.63) is 91.0 Å². The molecule has 5 heteroatoms. The van der Waals surface area contributed by atoms with Crippen LogP contribution in [0.15, 0.2) is 91.0 Å². The lowest BCUT2D eigenvalue weighted by Crippen LogP contribution is -2.29. The molecule has 2 N–H and O–H groups in total. The van der Waals surface area contributed by atoms with E-state index < -0.39 is 7.12 Å². The average molecular weight is 376 g/mol. The first-order valence-corrected chi connectivity index (χ1v) is 9.42. The maximum atomic E-state index is 9.56. The fourth-order valence-corrected chi connectivity index (χ4v) is 3.65. The molecular weight excluding hydrogens is 359 g/mol. The molecule has 1 heterocycles. The van der Waals surface area contributed by atoms with Crippen LogP contribution >= 0.6 is 0 Å². The third-order valence-corrected chi connectivity index (χ3v) is 5.08. The number of rotatable bonds is 3. The van der Waals surface area contributed by atoms with Crippen molar-refractivity contribution in [1.29, 1.82) is 0 Å². The minimum Gasteiger partial charge on any atom is -0.423 e. The number of aromatic nitrogens is 2. The Kier molecular flexibility index (Phi) is 4.32. The number of benzene rings is 4. The van der Waals surface area contributed by atoms with Crippen LogP contribution in [0.1, 0.15) is 0 Å². The molecule has 0 fully saturated rings. The SMILES string of the molecule is OB(O)c1cccc(-c2nc(-c3ccccc3)c3ccc4ccccc4c3n2)c1. The van der Waals surface area contributed by atoms with E-state index >= 15 is 0 Å². The van der Waals surface area contributed by atoms with Gasteiger partial charge in [-0.3, -0.25) is 0 Å². The molecule has 4 nitrogen and oxygen atoms in total. The zero-order chi connectivity index (χ0) is 19.8. The molecule has 0 bridgehead atoms. The van der Waals surface area contributed by atoms with Gasteiger partial charge in [-0.1, -0.05) is 84.9 Å². The fourth-order valence-electron chi connectivity index (χ4n) is 3.65. The van der Waals surface area contributed by atoms with E-state index in [0.29, 0.717) is 11.3 Å². The summed E-state index contributed by atoms with van der Waals surface area (Å²) in [6.45, 7) is 0. The van der Waals surface area contributed by atoms with Gasteiger partial charge in [0.25, 0.3) is 0 Å². The molecule has 1 aromatic heterocycles. The normalized spacial score (nSPS) is 11.1. The largest absolute Gasteiger partial charge is 0.488 e. The van der Waals surface area contributed by atoms with Gasteiger partial charge in [-0.25, -0.2) is 9.97 Å². The Morgan fingerprint density at radius 2 is 1.38 bits per heavy atom. The van der Waals surface area contributed by atoms with Crippen molar-refractivity contribution in [3.8, 4) is 22.6 Å². The van der Waals surface area contributed by atoms with Gasteiger partial charge in [0, 0.05) is 21.9 Å². The zero-order valence-electron chi connectivity index (χ0n) is 15.5. The van der Waals surface area contributed by atoms with E-state index in [4.69, 9.17) is 9.97 Å². The summed E-state index contributed by atoms with van der Waals surface area (Å²) in [5, 5.41) is 22.3. The Bertz CT molecular complexity index is 1340. The average Bonchev–Trinajstić information content (AvgIpc) is 2.79. The smallest absolute Gasteiger partial charge is 0.423 e. The molecule has 0 amide bonds. The van der Waals surface area contributed by atoms with Crippen LogP contribution in [0.3, 0.4) is 0 Å². The molecule has 4 aromatic carbocycles. The Morgan fingerprint density at radius 3 is 2.21 bits per heavy atom. The number of nitrogens with zero attached hydrogens (tertiary/aromatic N) is 2. The minimum absolute atomic E-state index is 0.408. The molecule has 0 aliphatic carbocycles. The molecular formula is C24H17BN2O2. The number of fused-ring (bicyclic) bond motifs is 3. The van der Waals surface area contributed by atoms with E-state index in [1.54, 1.807) is 18.2 Å². The number of hydrogen-bond acceptors (Lipinski definition) is 4. The lowest BCUT2D eigenvalue weighted by molar-refractivity contribution is 0.426. The molecule has 5 aromatic rings. The molecule has 0 spiro atoms. The number of hydrogen-bond donors (Lipinski definition) is 2. The van der Waals surface area contributed by atoms with Crippen LogP contribution in [-0.2, 0) is 0 Å². The second-order valence-electron chi connectivity index (χ2n) is 6.94. The minimum atomic E-state index is -1.54. The van der Waals surface area contributed by atoms with Gasteiger partial charge < -0.3 is 10.0 Å². The zero-order valence-corrected chi connectivity index (χ0v) is 15.5. The standard InChI is InChI=1S/C24H17BN2O2/c28-25(29)19-11-6-10-18(15-19)24-26-22(17-8-2-1-3-9-17)21-14-13-16-7-4-5-12-20(16)23(21)27-24/h1-15,28-29H. The molecule has 0 saturated heterocycles. The molecule has 0 radical (unpaired) electrons. The second kappa shape index (κ2) is 7.13. The summed E-state index contributed by atoms with van der Waals surface area (Å²) in [4.78, 5) is 9.76. The van der Waals surface area contributed by atoms with Gasteiger partial charge >= 0.3 is 7.12 Å². The molecule has 0 unspecified atom stereocenters. The van der Waals surface area contributed by atoms with Crippen molar-refractivity contribution in [2.45, 2.75) is 0 Å². The van der Waals surface area contributed by atoms with E-state index in [1.807, 2.05) is 48.5 Å². The van der Waals surface area contributed by atoms with E-state index in [-0.39, 0.29) is 0 Å². The van der Waals surface area contributed by atoms with Crippen LogP contribution in [0.4, 0.5) is 0 Å². The highest BCUT2D eigenvalue weighted by Crippen LogP contribution is 2.32. The van der Waals surface area contributed by atoms with Crippen molar-refractivity contribution in [2.75, 3.05) is 0 Å². The summed E-state index contributed by atoms with van der Waals surface area (Å²) in [6, 6.07) is 29.4. The highest BCUT2D eigenvalue weighted by Gasteiger charge is 2.16. The van der Waals surface area contributed by atoms with E-state index in [2.05, 4.69) is 24.3 Å². The molecule has 0 saturated carbocycles. The quantitative estimate of drug-likeness (QED) is 0.371. The maximum absolute atomic E-state index is 9.56. The summed E-state index contributed by atoms with van der Waals surface area (Å²) in [7, 11) is -1.54. The molecule has 138 valence electrons. The second-order valence-corrected chi connectivity index (χ2v) is 6.94. The summed E-state index contributed by atoms with van der Waals surface area (Å²) in [6.07, 6.45) is 0. The van der Waals surface area contributed by atoms with Gasteiger partial charge in [0.1, 0.15) is 0 Å². The first-order chi connectivity index (χ1) is 14.2. The maximum Gasteiger partial charge on any atom is 0.488 e. The van der Waals surface area contributed by atoms with Gasteiger partial charge in [0.05, 0.1) is 11.2 Å². The Balaban J connectivity index is 1.86. The van der Waals surface area contributed by atoms with Crippen molar-refractivity contribution < 1.29 is 10.0 Å². The summed E-state index contributed by atoms with van der Waals surface area (Å²) < 4.78 is 0. The van der Waals surface area contributed by atoms with Crippen LogP contribution < -0.4 is 5.46 Å². The highest BCUT2D eigenvalue weighted by atomic mass is 16.4. The summed E-state index contributed by atoms with van der Waals surface area (Å²) in [5.41, 5.74) is 3.89.